The maximum Gasteiger partial charge on any atom is 0.374 e. The third kappa shape index (κ3) is 4.97. The van der Waals surface area contributed by atoms with E-state index in [0.29, 0.717) is 12.4 Å². The van der Waals surface area contributed by atoms with Gasteiger partial charge in [-0.3, -0.25) is 4.79 Å². The molecule has 4 rings (SSSR count). The van der Waals surface area contributed by atoms with Gasteiger partial charge < -0.3 is 18.8 Å². The molecule has 2 aromatic heterocycles. The Hall–Kier alpha value is -3.65. The second kappa shape index (κ2) is 9.65. The van der Waals surface area contributed by atoms with E-state index in [2.05, 4.69) is 4.98 Å². The van der Waals surface area contributed by atoms with Crippen molar-refractivity contribution in [2.24, 2.45) is 0 Å². The molecule has 4 aromatic rings. The molecule has 7 nitrogen and oxygen atoms in total. The van der Waals surface area contributed by atoms with Gasteiger partial charge in [0.25, 0.3) is 0 Å². The van der Waals surface area contributed by atoms with Crippen molar-refractivity contribution in [2.75, 3.05) is 18.1 Å². The molecular weight excluding hydrogens is 428 g/mol. The van der Waals surface area contributed by atoms with E-state index in [9.17, 15) is 9.59 Å². The molecule has 1 amide bonds. The standard InChI is InChI=1S/C24H22N2O5S/c1-16-14-18(31-15-23-25-19-6-3-4-8-22(19)32-23)9-10-20(16)26(17(2)27)11-13-30-24(28)21-7-5-12-29-21/h3-10,12,14H,11,13,15H2,1-2H3. The number of thiazole rings is 1. The summed E-state index contributed by atoms with van der Waals surface area (Å²) >= 11 is 1.61. The maximum absolute atomic E-state index is 12.2. The zero-order valence-corrected chi connectivity index (χ0v) is 18.6. The largest absolute Gasteiger partial charge is 0.486 e. The molecule has 32 heavy (non-hydrogen) atoms. The number of benzene rings is 2. The average molecular weight is 451 g/mol. The highest BCUT2D eigenvalue weighted by Crippen LogP contribution is 2.27. The lowest BCUT2D eigenvalue weighted by Crippen LogP contribution is -2.33. The normalized spacial score (nSPS) is 10.8. The molecule has 0 unspecified atom stereocenters. The highest BCUT2D eigenvalue weighted by atomic mass is 32.1. The van der Waals surface area contributed by atoms with Gasteiger partial charge in [-0.1, -0.05) is 12.1 Å². The van der Waals surface area contributed by atoms with E-state index in [0.717, 1.165) is 26.5 Å². The summed E-state index contributed by atoms with van der Waals surface area (Å²) in [5.41, 5.74) is 2.57. The van der Waals surface area contributed by atoms with Crippen LogP contribution in [0.2, 0.25) is 0 Å². The number of nitrogens with zero attached hydrogens (tertiary/aromatic N) is 2. The molecule has 0 spiro atoms. The first-order valence-electron chi connectivity index (χ1n) is 10.1. The van der Waals surface area contributed by atoms with Gasteiger partial charge in [-0.15, -0.1) is 11.3 Å². The Bertz CT molecular complexity index is 1200. The molecule has 0 radical (unpaired) electrons. The van der Waals surface area contributed by atoms with Gasteiger partial charge in [0, 0.05) is 12.6 Å². The van der Waals surface area contributed by atoms with Gasteiger partial charge in [-0.05, 0) is 55.0 Å². The second-order valence-corrected chi connectivity index (χ2v) is 8.21. The summed E-state index contributed by atoms with van der Waals surface area (Å²) in [6.45, 7) is 4.04. The molecule has 164 valence electrons. The first-order chi connectivity index (χ1) is 15.5. The first-order valence-corrected chi connectivity index (χ1v) is 10.9. The number of hydrogen-bond acceptors (Lipinski definition) is 7. The van der Waals surface area contributed by atoms with Crippen LogP contribution in [0.15, 0.2) is 65.3 Å². The van der Waals surface area contributed by atoms with Crippen molar-refractivity contribution in [1.29, 1.82) is 0 Å². The molecule has 0 saturated carbocycles. The SMILES string of the molecule is CC(=O)N(CCOC(=O)c1ccco1)c1ccc(OCc2nc3ccccc3s2)cc1C. The summed E-state index contributed by atoms with van der Waals surface area (Å²) in [6.07, 6.45) is 1.41. The molecule has 2 heterocycles. The number of hydrogen-bond donors (Lipinski definition) is 0. The Kier molecular flexibility index (Phi) is 6.51. The van der Waals surface area contributed by atoms with Crippen LogP contribution in [0.4, 0.5) is 5.69 Å². The average Bonchev–Trinajstić information content (AvgIpc) is 3.45. The summed E-state index contributed by atoms with van der Waals surface area (Å²) in [7, 11) is 0. The summed E-state index contributed by atoms with van der Waals surface area (Å²) in [5.74, 6) is 0.113. The number of anilines is 1. The molecule has 0 aliphatic carbocycles. The highest BCUT2D eigenvalue weighted by Gasteiger charge is 2.17. The fraction of sp³-hybridized carbons (Fsp3) is 0.208. The predicted octanol–water partition coefficient (Wildman–Crippen LogP) is 4.99. The molecule has 0 bridgehead atoms. The van der Waals surface area contributed by atoms with Crippen molar-refractivity contribution < 1.29 is 23.5 Å². The van der Waals surface area contributed by atoms with Crippen molar-refractivity contribution in [1.82, 2.24) is 4.98 Å². The minimum Gasteiger partial charge on any atom is -0.486 e. The van der Waals surface area contributed by atoms with Crippen LogP contribution >= 0.6 is 11.3 Å². The third-order valence-corrected chi connectivity index (χ3v) is 5.82. The fourth-order valence-electron chi connectivity index (χ4n) is 3.29. The highest BCUT2D eigenvalue weighted by molar-refractivity contribution is 7.18. The molecular formula is C24H22N2O5S. The first kappa shape index (κ1) is 21.6. The van der Waals surface area contributed by atoms with Crippen LogP contribution in [0.1, 0.15) is 28.0 Å². The fourth-order valence-corrected chi connectivity index (χ4v) is 4.17. The number of rotatable bonds is 8. The van der Waals surface area contributed by atoms with Crippen molar-refractivity contribution >= 4 is 39.1 Å². The number of carbonyl (C=O) groups excluding carboxylic acids is 2. The Morgan fingerprint density at radius 1 is 1.12 bits per heavy atom. The number of furan rings is 1. The summed E-state index contributed by atoms with van der Waals surface area (Å²) < 4.78 is 17.3. The number of para-hydroxylation sites is 1. The van der Waals surface area contributed by atoms with E-state index in [1.165, 1.54) is 19.3 Å². The number of carbonyl (C=O) groups is 2. The Morgan fingerprint density at radius 3 is 2.69 bits per heavy atom. The van der Waals surface area contributed by atoms with Crippen molar-refractivity contribution in [3.63, 3.8) is 0 Å². The van der Waals surface area contributed by atoms with Crippen LogP contribution in [-0.4, -0.2) is 30.0 Å². The second-order valence-electron chi connectivity index (χ2n) is 7.10. The van der Waals surface area contributed by atoms with E-state index in [1.807, 2.05) is 49.4 Å². The van der Waals surface area contributed by atoms with Gasteiger partial charge in [0.15, 0.2) is 0 Å². The monoisotopic (exact) mass is 450 g/mol. The molecule has 0 aliphatic heterocycles. The van der Waals surface area contributed by atoms with Crippen molar-refractivity contribution in [3.05, 3.63) is 77.2 Å². The number of fused-ring (bicyclic) bond motifs is 1. The third-order valence-electron chi connectivity index (χ3n) is 4.81. The predicted molar refractivity (Wildman–Crippen MR) is 122 cm³/mol. The van der Waals surface area contributed by atoms with Gasteiger partial charge in [0.05, 0.1) is 23.0 Å². The van der Waals surface area contributed by atoms with Crippen LogP contribution in [0.25, 0.3) is 10.2 Å². The van der Waals surface area contributed by atoms with Gasteiger partial charge in [-0.25, -0.2) is 9.78 Å². The van der Waals surface area contributed by atoms with Crippen LogP contribution in [0.3, 0.4) is 0 Å². The van der Waals surface area contributed by atoms with Crippen LogP contribution < -0.4 is 9.64 Å². The Balaban J connectivity index is 1.38. The molecule has 2 aromatic carbocycles. The molecule has 8 heteroatoms. The van der Waals surface area contributed by atoms with Crippen molar-refractivity contribution in [2.45, 2.75) is 20.5 Å². The van der Waals surface area contributed by atoms with E-state index in [-0.39, 0.29) is 24.8 Å². The lowest BCUT2D eigenvalue weighted by Gasteiger charge is -2.23. The Morgan fingerprint density at radius 2 is 1.97 bits per heavy atom. The topological polar surface area (TPSA) is 81.9 Å². The smallest absolute Gasteiger partial charge is 0.374 e. The van der Waals surface area contributed by atoms with E-state index in [4.69, 9.17) is 13.9 Å². The van der Waals surface area contributed by atoms with Crippen LogP contribution in [0, 0.1) is 6.92 Å². The minimum atomic E-state index is -0.561. The zero-order valence-electron chi connectivity index (χ0n) is 17.7. The number of aryl methyl sites for hydroxylation is 1. The molecule has 0 atom stereocenters. The molecule has 0 saturated heterocycles. The number of ether oxygens (including phenoxy) is 2. The van der Waals surface area contributed by atoms with E-state index >= 15 is 0 Å². The zero-order chi connectivity index (χ0) is 22.5. The number of aromatic nitrogens is 1. The summed E-state index contributed by atoms with van der Waals surface area (Å²) in [6, 6.07) is 16.7. The lowest BCUT2D eigenvalue weighted by atomic mass is 10.1. The van der Waals surface area contributed by atoms with Gasteiger partial charge >= 0.3 is 5.97 Å². The van der Waals surface area contributed by atoms with Crippen LogP contribution in [-0.2, 0) is 16.1 Å². The van der Waals surface area contributed by atoms with Crippen LogP contribution in [0.5, 0.6) is 5.75 Å². The summed E-state index contributed by atoms with van der Waals surface area (Å²) in [4.78, 5) is 30.3. The van der Waals surface area contributed by atoms with Gasteiger partial charge in [-0.2, -0.15) is 0 Å². The molecule has 0 aliphatic rings. The number of amides is 1. The molecule has 0 N–H and O–H groups in total. The van der Waals surface area contributed by atoms with E-state index < -0.39 is 5.97 Å². The van der Waals surface area contributed by atoms with E-state index in [1.54, 1.807) is 22.3 Å². The number of esters is 1. The van der Waals surface area contributed by atoms with Gasteiger partial charge in [0.2, 0.25) is 11.7 Å². The minimum absolute atomic E-state index is 0.0500. The summed E-state index contributed by atoms with van der Waals surface area (Å²) in [5, 5.41) is 0.900. The lowest BCUT2D eigenvalue weighted by molar-refractivity contribution is -0.116. The Labute approximate surface area is 189 Å². The quantitative estimate of drug-likeness (QED) is 0.352. The maximum atomic E-state index is 12.2. The van der Waals surface area contributed by atoms with Gasteiger partial charge in [0.1, 0.15) is 24.0 Å². The molecule has 0 fully saturated rings. The van der Waals surface area contributed by atoms with Crippen molar-refractivity contribution in [3.8, 4) is 5.75 Å².